The first kappa shape index (κ1) is 15.7. The zero-order chi connectivity index (χ0) is 16.2. The van der Waals surface area contributed by atoms with Crippen molar-refractivity contribution >= 4 is 16.8 Å². The molecule has 0 spiro atoms. The van der Waals surface area contributed by atoms with Crippen molar-refractivity contribution in [2.75, 3.05) is 13.1 Å². The molecule has 0 bridgehead atoms. The number of nitrogens with zero attached hydrogens (tertiary/aromatic N) is 2. The summed E-state index contributed by atoms with van der Waals surface area (Å²) in [5.74, 6) is 0.751. The Morgan fingerprint density at radius 3 is 3.09 bits per heavy atom. The van der Waals surface area contributed by atoms with Crippen molar-refractivity contribution in [3.63, 3.8) is 0 Å². The first-order valence-electron chi connectivity index (χ1n) is 8.16. The van der Waals surface area contributed by atoms with Gasteiger partial charge in [0, 0.05) is 19.0 Å². The third kappa shape index (κ3) is 3.59. The quantitative estimate of drug-likeness (QED) is 0.875. The topological polar surface area (TPSA) is 78.1 Å². The fraction of sp³-hybridized carbons (Fsp3) is 0.471. The molecule has 1 aliphatic rings. The van der Waals surface area contributed by atoms with Crippen LogP contribution in [-0.4, -0.2) is 39.9 Å². The second-order valence-electron chi connectivity index (χ2n) is 5.95. The molecule has 1 aromatic heterocycles. The highest BCUT2D eigenvalue weighted by molar-refractivity contribution is 5.77. The predicted molar refractivity (Wildman–Crippen MR) is 89.1 cm³/mol. The summed E-state index contributed by atoms with van der Waals surface area (Å²) in [5, 5.41) is 3.46. The number of benzene rings is 1. The van der Waals surface area contributed by atoms with Crippen LogP contribution in [0, 0.1) is 0 Å². The van der Waals surface area contributed by atoms with Gasteiger partial charge < -0.3 is 10.3 Å². The van der Waals surface area contributed by atoms with E-state index < -0.39 is 0 Å². The SMILES string of the molecule is CCNC(=O)C[C@@H]1CCCN1Cc1nc2ccccc2c(=O)[nH]1. The van der Waals surface area contributed by atoms with Crippen LogP contribution in [0.4, 0.5) is 0 Å². The number of hydrogen-bond donors (Lipinski definition) is 2. The molecule has 23 heavy (non-hydrogen) atoms. The molecule has 1 saturated heterocycles. The van der Waals surface area contributed by atoms with Crippen LogP contribution >= 0.6 is 0 Å². The molecule has 2 aromatic rings. The third-order valence-corrected chi connectivity index (χ3v) is 4.31. The summed E-state index contributed by atoms with van der Waals surface area (Å²) in [7, 11) is 0. The summed E-state index contributed by atoms with van der Waals surface area (Å²) in [6.07, 6.45) is 2.59. The van der Waals surface area contributed by atoms with Crippen LogP contribution in [0.2, 0.25) is 0 Å². The number of amides is 1. The summed E-state index contributed by atoms with van der Waals surface area (Å²) >= 11 is 0. The number of para-hydroxylation sites is 1. The Bertz CT molecular complexity index is 756. The molecule has 1 fully saturated rings. The van der Waals surface area contributed by atoms with Gasteiger partial charge in [0.05, 0.1) is 17.4 Å². The van der Waals surface area contributed by atoms with E-state index in [0.717, 1.165) is 19.4 Å². The predicted octanol–water partition coefficient (Wildman–Crippen LogP) is 1.41. The van der Waals surface area contributed by atoms with E-state index in [1.807, 2.05) is 25.1 Å². The lowest BCUT2D eigenvalue weighted by atomic mass is 10.1. The minimum absolute atomic E-state index is 0.0874. The Labute approximate surface area is 134 Å². The van der Waals surface area contributed by atoms with Crippen LogP contribution in [-0.2, 0) is 11.3 Å². The van der Waals surface area contributed by atoms with Crippen molar-refractivity contribution in [3.8, 4) is 0 Å². The molecular weight excluding hydrogens is 292 g/mol. The van der Waals surface area contributed by atoms with Gasteiger partial charge in [-0.2, -0.15) is 0 Å². The molecule has 1 aliphatic heterocycles. The number of H-pyrrole nitrogens is 1. The number of carbonyl (C=O) groups excluding carboxylic acids is 1. The zero-order valence-electron chi connectivity index (χ0n) is 13.3. The molecule has 2 heterocycles. The van der Waals surface area contributed by atoms with Crippen LogP contribution < -0.4 is 10.9 Å². The van der Waals surface area contributed by atoms with Gasteiger partial charge in [-0.05, 0) is 38.4 Å². The van der Waals surface area contributed by atoms with Gasteiger partial charge in [0.15, 0.2) is 0 Å². The fourth-order valence-electron chi connectivity index (χ4n) is 3.22. The van der Waals surface area contributed by atoms with Gasteiger partial charge in [-0.3, -0.25) is 14.5 Å². The summed E-state index contributed by atoms with van der Waals surface area (Å²) in [5.41, 5.74) is 0.607. The Morgan fingerprint density at radius 2 is 2.26 bits per heavy atom. The Morgan fingerprint density at radius 1 is 1.43 bits per heavy atom. The first-order chi connectivity index (χ1) is 11.2. The average Bonchev–Trinajstić information content (AvgIpc) is 2.94. The van der Waals surface area contributed by atoms with Crippen LogP contribution in [0.15, 0.2) is 29.1 Å². The molecule has 1 aromatic carbocycles. The van der Waals surface area contributed by atoms with Crippen LogP contribution in [0.25, 0.3) is 10.9 Å². The summed E-state index contributed by atoms with van der Waals surface area (Å²) in [6, 6.07) is 7.56. The van der Waals surface area contributed by atoms with Gasteiger partial charge in [0.1, 0.15) is 5.82 Å². The standard InChI is InChI=1S/C17H22N4O2/c1-2-18-16(22)10-12-6-5-9-21(12)11-15-19-14-8-4-3-7-13(14)17(23)20-15/h3-4,7-8,12H,2,5-6,9-11H2,1H3,(H,18,22)(H,19,20,23)/t12-/m0/s1. The summed E-state index contributed by atoms with van der Waals surface area (Å²) in [4.78, 5) is 33.6. The molecular formula is C17H22N4O2. The van der Waals surface area contributed by atoms with E-state index in [9.17, 15) is 9.59 Å². The number of carbonyl (C=O) groups is 1. The molecule has 1 amide bonds. The highest BCUT2D eigenvalue weighted by Crippen LogP contribution is 2.21. The van der Waals surface area contributed by atoms with Crippen molar-refractivity contribution in [1.29, 1.82) is 0 Å². The van der Waals surface area contributed by atoms with E-state index in [4.69, 9.17) is 0 Å². The number of fused-ring (bicyclic) bond motifs is 1. The number of aromatic nitrogens is 2. The molecule has 6 heteroatoms. The van der Waals surface area contributed by atoms with Gasteiger partial charge >= 0.3 is 0 Å². The smallest absolute Gasteiger partial charge is 0.258 e. The van der Waals surface area contributed by atoms with Gasteiger partial charge in [0.2, 0.25) is 5.91 Å². The van der Waals surface area contributed by atoms with Crippen LogP contribution in [0.3, 0.4) is 0 Å². The number of rotatable bonds is 5. The van der Waals surface area contributed by atoms with Crippen molar-refractivity contribution in [3.05, 3.63) is 40.4 Å². The zero-order valence-corrected chi connectivity index (χ0v) is 13.3. The molecule has 0 saturated carbocycles. The highest BCUT2D eigenvalue weighted by atomic mass is 16.1. The summed E-state index contributed by atoms with van der Waals surface area (Å²) < 4.78 is 0. The number of hydrogen-bond acceptors (Lipinski definition) is 4. The van der Waals surface area contributed by atoms with E-state index in [1.165, 1.54) is 0 Å². The lowest BCUT2D eigenvalue weighted by Gasteiger charge is -2.23. The monoisotopic (exact) mass is 314 g/mol. The molecule has 6 nitrogen and oxygen atoms in total. The molecule has 1 atom stereocenters. The van der Waals surface area contributed by atoms with Crippen LogP contribution in [0.1, 0.15) is 32.0 Å². The van der Waals surface area contributed by atoms with Gasteiger partial charge in [-0.1, -0.05) is 12.1 Å². The largest absolute Gasteiger partial charge is 0.356 e. The van der Waals surface area contributed by atoms with Gasteiger partial charge in [0.25, 0.3) is 5.56 Å². The molecule has 122 valence electrons. The number of nitrogens with one attached hydrogen (secondary N) is 2. The van der Waals surface area contributed by atoms with E-state index in [2.05, 4.69) is 20.2 Å². The van der Waals surface area contributed by atoms with Crippen molar-refractivity contribution in [1.82, 2.24) is 20.2 Å². The lowest BCUT2D eigenvalue weighted by molar-refractivity contribution is -0.122. The Kier molecular flexibility index (Phi) is 4.71. The van der Waals surface area contributed by atoms with Gasteiger partial charge in [-0.15, -0.1) is 0 Å². The minimum atomic E-state index is -0.106. The second kappa shape index (κ2) is 6.91. The summed E-state index contributed by atoms with van der Waals surface area (Å²) in [6.45, 7) is 4.09. The Balaban J connectivity index is 1.75. The molecule has 0 radical (unpaired) electrons. The van der Waals surface area contributed by atoms with E-state index >= 15 is 0 Å². The molecule has 0 aliphatic carbocycles. The molecule has 2 N–H and O–H groups in total. The van der Waals surface area contributed by atoms with Crippen molar-refractivity contribution in [2.45, 2.75) is 38.8 Å². The number of likely N-dealkylation sites (tertiary alicyclic amines) is 1. The maximum Gasteiger partial charge on any atom is 0.258 e. The minimum Gasteiger partial charge on any atom is -0.356 e. The van der Waals surface area contributed by atoms with Crippen molar-refractivity contribution in [2.24, 2.45) is 0 Å². The second-order valence-corrected chi connectivity index (χ2v) is 5.95. The fourth-order valence-corrected chi connectivity index (χ4v) is 3.22. The van der Waals surface area contributed by atoms with Gasteiger partial charge in [-0.25, -0.2) is 4.98 Å². The van der Waals surface area contributed by atoms with E-state index in [-0.39, 0.29) is 17.5 Å². The Hall–Kier alpha value is -2.21. The first-order valence-corrected chi connectivity index (χ1v) is 8.16. The molecule has 3 rings (SSSR count). The maximum atomic E-state index is 12.1. The van der Waals surface area contributed by atoms with Crippen molar-refractivity contribution < 1.29 is 4.79 Å². The van der Waals surface area contributed by atoms with Crippen LogP contribution in [0.5, 0.6) is 0 Å². The lowest BCUT2D eigenvalue weighted by Crippen LogP contribution is -2.35. The normalized spacial score (nSPS) is 18.4. The maximum absolute atomic E-state index is 12.1. The third-order valence-electron chi connectivity index (χ3n) is 4.31. The van der Waals surface area contributed by atoms with E-state index in [1.54, 1.807) is 6.07 Å². The average molecular weight is 314 g/mol. The number of aromatic amines is 1. The van der Waals surface area contributed by atoms with E-state index in [0.29, 0.717) is 36.2 Å². The highest BCUT2D eigenvalue weighted by Gasteiger charge is 2.27. The molecule has 0 unspecified atom stereocenters.